The average molecular weight is 727 g/mol. The molecule has 246 valence electrons. The number of benzene rings is 4. The molecule has 1 aliphatic heterocycles. The van der Waals surface area contributed by atoms with E-state index in [1.54, 1.807) is 24.3 Å². The van der Waals surface area contributed by atoms with Gasteiger partial charge in [0.2, 0.25) is 9.47 Å². The van der Waals surface area contributed by atoms with Crippen LogP contribution in [0.15, 0.2) is 88.1 Å². The molecule has 15 nitrogen and oxygen atoms in total. The summed E-state index contributed by atoms with van der Waals surface area (Å²) in [5.74, 6) is -1.28. The SMILES string of the molecule is NS(=O)(=O)c1nnc(NS(=O)(=O)c2ccc(NC(=S)Nc3ccc(C4c5ccc(O)cc5Oc5cc(O)ccc54)c(C(=O)O)c3)cc2)s1. The van der Waals surface area contributed by atoms with Crippen molar-refractivity contribution in [3.63, 3.8) is 0 Å². The van der Waals surface area contributed by atoms with Gasteiger partial charge in [-0.3, -0.25) is 4.72 Å². The van der Waals surface area contributed by atoms with Gasteiger partial charge in [0.15, 0.2) is 5.11 Å². The number of anilines is 3. The fourth-order valence-electron chi connectivity index (χ4n) is 4.94. The molecule has 1 aromatic heterocycles. The van der Waals surface area contributed by atoms with Crippen molar-refractivity contribution >= 4 is 71.2 Å². The molecule has 0 atom stereocenters. The van der Waals surface area contributed by atoms with Gasteiger partial charge in [-0.25, -0.2) is 26.8 Å². The standard InChI is InChI=1S/C29H22N6O9S4/c30-47(40,41)29-34-33-28(46-29)35-48(42,43)18-6-1-14(2-7-18)31-27(45)32-15-3-8-19(22(11-15)26(38)39)25-20-9-4-16(36)12-23(20)44-24-13-17(37)5-10-21(24)25/h1-13,25,36-37H,(H,33,35)(H,38,39)(H2,30,40,41)(H2,31,32,45). The maximum absolute atomic E-state index is 12.7. The normalized spacial score (nSPS) is 12.7. The van der Waals surface area contributed by atoms with E-state index in [1.807, 2.05) is 0 Å². The third kappa shape index (κ3) is 6.71. The molecule has 1 aliphatic rings. The fourth-order valence-corrected chi connectivity index (χ4v) is 7.74. The quantitative estimate of drug-likeness (QED) is 0.109. The summed E-state index contributed by atoms with van der Waals surface area (Å²) in [4.78, 5) is 12.4. The van der Waals surface area contributed by atoms with Crippen molar-refractivity contribution in [3.8, 4) is 23.0 Å². The molecular weight excluding hydrogens is 705 g/mol. The Hall–Kier alpha value is -5.34. The number of aromatic carboxylic acids is 1. The van der Waals surface area contributed by atoms with E-state index >= 15 is 0 Å². The van der Waals surface area contributed by atoms with Crippen molar-refractivity contribution in [1.29, 1.82) is 0 Å². The van der Waals surface area contributed by atoms with Gasteiger partial charge in [-0.15, -0.1) is 10.2 Å². The van der Waals surface area contributed by atoms with Crippen LogP contribution in [0.1, 0.15) is 33.0 Å². The van der Waals surface area contributed by atoms with Crippen molar-refractivity contribution in [2.24, 2.45) is 5.14 Å². The van der Waals surface area contributed by atoms with Gasteiger partial charge < -0.3 is 30.7 Å². The highest BCUT2D eigenvalue weighted by molar-refractivity contribution is 7.93. The second-order valence-corrected chi connectivity index (χ2v) is 15.0. The summed E-state index contributed by atoms with van der Waals surface area (Å²) < 4.78 is 55.8. The number of aromatic nitrogens is 2. The van der Waals surface area contributed by atoms with Crippen LogP contribution >= 0.6 is 23.6 Å². The number of nitrogens with two attached hydrogens (primary N) is 1. The Morgan fingerprint density at radius 2 is 1.38 bits per heavy atom. The average Bonchev–Trinajstić information content (AvgIpc) is 3.49. The molecule has 19 heteroatoms. The molecule has 0 bridgehead atoms. The van der Waals surface area contributed by atoms with Gasteiger partial charge in [0.05, 0.1) is 10.5 Å². The molecule has 0 saturated heterocycles. The molecule has 0 spiro atoms. The molecule has 6 rings (SSSR count). The van der Waals surface area contributed by atoms with Crippen molar-refractivity contribution in [1.82, 2.24) is 10.2 Å². The molecule has 0 saturated carbocycles. The van der Waals surface area contributed by atoms with Gasteiger partial charge in [0, 0.05) is 40.6 Å². The highest BCUT2D eigenvalue weighted by Crippen LogP contribution is 2.50. The number of nitrogens with zero attached hydrogens (tertiary/aromatic N) is 2. The zero-order valence-corrected chi connectivity index (χ0v) is 27.2. The Balaban J connectivity index is 1.20. The van der Waals surface area contributed by atoms with Crippen LogP contribution in [-0.4, -0.2) is 53.4 Å². The molecule has 0 unspecified atom stereocenters. The number of carboxylic acids is 1. The van der Waals surface area contributed by atoms with Crippen molar-refractivity contribution in [3.05, 3.63) is 101 Å². The molecule has 5 aromatic rings. The van der Waals surface area contributed by atoms with E-state index < -0.39 is 36.3 Å². The number of nitrogens with one attached hydrogen (secondary N) is 3. The van der Waals surface area contributed by atoms with Gasteiger partial charge in [-0.05, 0) is 66.3 Å². The molecule has 0 amide bonds. The van der Waals surface area contributed by atoms with Gasteiger partial charge in [-0.2, -0.15) is 0 Å². The van der Waals surface area contributed by atoms with E-state index in [4.69, 9.17) is 22.1 Å². The molecule has 0 aliphatic carbocycles. The zero-order valence-electron chi connectivity index (χ0n) is 24.0. The number of fused-ring (bicyclic) bond motifs is 2. The summed E-state index contributed by atoms with van der Waals surface area (Å²) in [5.41, 5.74) is 2.36. The Morgan fingerprint density at radius 1 is 0.812 bits per heavy atom. The van der Waals surface area contributed by atoms with Crippen LogP contribution < -0.4 is 25.2 Å². The number of phenols is 2. The Bertz CT molecular complexity index is 2280. The highest BCUT2D eigenvalue weighted by Gasteiger charge is 2.32. The van der Waals surface area contributed by atoms with Gasteiger partial charge in [-0.1, -0.05) is 29.5 Å². The van der Waals surface area contributed by atoms with Crippen molar-refractivity contribution < 1.29 is 41.7 Å². The number of primary sulfonamides is 1. The van der Waals surface area contributed by atoms with Crippen molar-refractivity contribution in [2.45, 2.75) is 15.2 Å². The lowest BCUT2D eigenvalue weighted by atomic mass is 9.80. The first kappa shape index (κ1) is 32.6. The van der Waals surface area contributed by atoms with Crippen molar-refractivity contribution in [2.75, 3.05) is 15.4 Å². The van der Waals surface area contributed by atoms with Gasteiger partial charge in [0.25, 0.3) is 20.0 Å². The summed E-state index contributed by atoms with van der Waals surface area (Å²) in [5, 5.41) is 47.7. The first-order valence-corrected chi connectivity index (χ1v) is 17.7. The minimum absolute atomic E-state index is 0.0403. The Morgan fingerprint density at radius 3 is 1.94 bits per heavy atom. The highest BCUT2D eigenvalue weighted by atomic mass is 32.2. The summed E-state index contributed by atoms with van der Waals surface area (Å²) in [7, 11) is -8.30. The van der Waals surface area contributed by atoms with E-state index in [0.29, 0.717) is 50.9 Å². The minimum Gasteiger partial charge on any atom is -0.508 e. The number of thiocarbonyl (C=S) groups is 1. The third-order valence-corrected chi connectivity index (χ3v) is 10.8. The number of carbonyl (C=O) groups is 1. The van der Waals surface area contributed by atoms with E-state index in [-0.39, 0.29) is 32.2 Å². The molecule has 8 N–H and O–H groups in total. The number of hydrogen-bond acceptors (Lipinski definition) is 12. The van der Waals surface area contributed by atoms with Crippen LogP contribution in [0.3, 0.4) is 0 Å². The smallest absolute Gasteiger partial charge is 0.336 e. The predicted molar refractivity (Wildman–Crippen MR) is 179 cm³/mol. The van der Waals surface area contributed by atoms with Crippen LogP contribution in [0.5, 0.6) is 23.0 Å². The molecular formula is C29H22N6O9S4. The maximum atomic E-state index is 12.7. The largest absolute Gasteiger partial charge is 0.508 e. The summed E-state index contributed by atoms with van der Waals surface area (Å²) in [6, 6.07) is 19.2. The molecule has 4 aromatic carbocycles. The van der Waals surface area contributed by atoms with Gasteiger partial charge in [0.1, 0.15) is 23.0 Å². The van der Waals surface area contributed by atoms with Crippen LogP contribution in [0, 0.1) is 0 Å². The third-order valence-electron chi connectivity index (χ3n) is 6.98. The van der Waals surface area contributed by atoms with E-state index in [1.165, 1.54) is 54.6 Å². The van der Waals surface area contributed by atoms with E-state index in [0.717, 1.165) is 0 Å². The van der Waals surface area contributed by atoms with Crippen LogP contribution in [0.4, 0.5) is 16.5 Å². The lowest BCUT2D eigenvalue weighted by molar-refractivity contribution is 0.0695. The molecule has 0 radical (unpaired) electrons. The summed E-state index contributed by atoms with van der Waals surface area (Å²) in [6.07, 6.45) is 0. The predicted octanol–water partition coefficient (Wildman–Crippen LogP) is 4.19. The Kier molecular flexibility index (Phi) is 8.39. The lowest BCUT2D eigenvalue weighted by Crippen LogP contribution is -2.20. The second-order valence-electron chi connectivity index (χ2n) is 10.2. The number of carboxylic acid groups (broad SMARTS) is 1. The second kappa shape index (κ2) is 12.4. The maximum Gasteiger partial charge on any atom is 0.336 e. The summed E-state index contributed by atoms with van der Waals surface area (Å²) in [6.45, 7) is 0. The molecule has 2 heterocycles. The molecule has 0 fully saturated rings. The fraction of sp³-hybridized carbons (Fsp3) is 0.0345. The topological polar surface area (TPSA) is 243 Å². The van der Waals surface area contributed by atoms with E-state index in [2.05, 4.69) is 25.6 Å². The minimum atomic E-state index is -4.15. The van der Waals surface area contributed by atoms with Crippen LogP contribution in [-0.2, 0) is 20.0 Å². The number of aromatic hydroxyl groups is 2. The van der Waals surface area contributed by atoms with E-state index in [9.17, 15) is 36.9 Å². The van der Waals surface area contributed by atoms with Gasteiger partial charge >= 0.3 is 5.97 Å². The zero-order chi connectivity index (χ0) is 34.4. The number of rotatable bonds is 8. The number of sulfonamides is 2. The number of ether oxygens (including phenoxy) is 1. The number of hydrogen-bond donors (Lipinski definition) is 7. The summed E-state index contributed by atoms with van der Waals surface area (Å²) >= 11 is 5.86. The van der Waals surface area contributed by atoms with Crippen LogP contribution in [0.2, 0.25) is 0 Å². The number of phenolic OH excluding ortho intramolecular Hbond substituents is 2. The first-order chi connectivity index (χ1) is 22.7. The first-order valence-electron chi connectivity index (χ1n) is 13.5. The lowest BCUT2D eigenvalue weighted by Gasteiger charge is -2.30. The Labute approximate surface area is 281 Å². The monoisotopic (exact) mass is 726 g/mol. The van der Waals surface area contributed by atoms with Crippen LogP contribution in [0.25, 0.3) is 0 Å². The molecule has 48 heavy (non-hydrogen) atoms.